The van der Waals surface area contributed by atoms with E-state index in [0.29, 0.717) is 33.9 Å². The number of fused-ring (bicyclic) bond motifs is 4. The number of rotatable bonds is 21. The zero-order valence-electron chi connectivity index (χ0n) is 64.8. The molecule has 0 unspecified atom stereocenters. The molecule has 12 aromatic rings. The fraction of sp³-hybridized carbons (Fsp3) is 0.200. The zero-order chi connectivity index (χ0) is 90.0. The molecule has 39 nitrogen and oxygen atoms in total. The minimum Gasteiger partial charge on any atom is -0.479 e. The first-order chi connectivity index (χ1) is 59.2. The summed E-state index contributed by atoms with van der Waals surface area (Å²) in [5, 5.41) is 38.0. The Morgan fingerprint density at radius 3 is 1.33 bits per heavy atom. The fourth-order valence-corrected chi connectivity index (χ4v) is 18.0. The Hall–Kier alpha value is -13.9. The molecule has 0 amide bonds. The van der Waals surface area contributed by atoms with Crippen LogP contribution >= 0.6 is 0 Å². The lowest BCUT2D eigenvalue weighted by Crippen LogP contribution is -2.30. The number of carbonyl (C=O) groups excluding carboxylic acids is 4. The van der Waals surface area contributed by atoms with E-state index >= 15 is 0 Å². The van der Waals surface area contributed by atoms with E-state index in [2.05, 4.69) is 56.5 Å². The molecule has 0 aliphatic heterocycles. The van der Waals surface area contributed by atoms with Crippen molar-refractivity contribution in [3.63, 3.8) is 0 Å². The van der Waals surface area contributed by atoms with Crippen LogP contribution in [0.15, 0.2) is 188 Å². The molecule has 16 rings (SSSR count). The quantitative estimate of drug-likeness (QED) is 0.0237. The lowest BCUT2D eigenvalue weighted by atomic mass is 9.75. The van der Waals surface area contributed by atoms with Crippen molar-refractivity contribution < 1.29 is 106 Å². The van der Waals surface area contributed by atoms with Gasteiger partial charge in [-0.2, -0.15) is 55.2 Å². The van der Waals surface area contributed by atoms with Crippen molar-refractivity contribution in [2.45, 2.75) is 91.0 Å². The minimum atomic E-state index is -4.99. The van der Waals surface area contributed by atoms with Gasteiger partial charge >= 0.3 is 43.8 Å². The van der Waals surface area contributed by atoms with E-state index in [0.717, 1.165) is 80.6 Å². The molecule has 4 aromatic heterocycles. The van der Waals surface area contributed by atoms with Crippen LogP contribution in [0.4, 0.5) is 46.3 Å². The smallest absolute Gasteiger partial charge is 0.425 e. The van der Waals surface area contributed by atoms with Crippen LogP contribution in [0.25, 0.3) is 44.1 Å². The third-order valence-electron chi connectivity index (χ3n) is 21.4. The molecule has 4 aliphatic carbocycles. The van der Waals surface area contributed by atoms with Crippen molar-refractivity contribution in [2.24, 2.45) is 25.9 Å². The van der Waals surface area contributed by atoms with E-state index in [-0.39, 0.29) is 143 Å². The Morgan fingerprint density at radius 2 is 0.840 bits per heavy atom. The van der Waals surface area contributed by atoms with Gasteiger partial charge in [0.05, 0.1) is 60.1 Å². The van der Waals surface area contributed by atoms with Crippen LogP contribution in [0.5, 0.6) is 12.0 Å². The van der Waals surface area contributed by atoms with Gasteiger partial charge in [-0.25, -0.2) is 0 Å². The monoisotopic (exact) mass is 1820 g/mol. The summed E-state index contributed by atoms with van der Waals surface area (Å²) in [5.74, 6) is -1.65. The van der Waals surface area contributed by atoms with E-state index in [1.165, 1.54) is 79.3 Å². The molecule has 4 aliphatic rings. The van der Waals surface area contributed by atoms with E-state index in [4.69, 9.17) is 37.9 Å². The van der Waals surface area contributed by atoms with Crippen molar-refractivity contribution in [2.75, 3.05) is 26.6 Å². The Kier molecular flexibility index (Phi) is 25.8. The summed E-state index contributed by atoms with van der Waals surface area (Å²) in [6, 6.07) is 38.3. The Bertz CT molecular complexity index is 7320. The van der Waals surface area contributed by atoms with E-state index in [1.54, 1.807) is 84.9 Å². The molecule has 10 N–H and O–H groups in total. The van der Waals surface area contributed by atoms with Crippen molar-refractivity contribution >= 4 is 153 Å². The molecule has 2 fully saturated rings. The number of anilines is 8. The van der Waals surface area contributed by atoms with Gasteiger partial charge in [-0.1, -0.05) is 91.0 Å². The summed E-state index contributed by atoms with van der Waals surface area (Å²) in [6.45, 7) is 0. The summed E-state index contributed by atoms with van der Waals surface area (Å²) in [6.07, 6.45) is 7.20. The average molecular weight is 1820 g/mol. The highest BCUT2D eigenvalue weighted by Gasteiger charge is 2.38. The second kappa shape index (κ2) is 36.2. The van der Waals surface area contributed by atoms with E-state index in [9.17, 15) is 77.9 Å². The largest absolute Gasteiger partial charge is 0.479 e. The maximum Gasteiger partial charge on any atom is 0.425 e. The molecule has 0 radical (unpaired) electrons. The Balaban J connectivity index is 0.00000105. The summed E-state index contributed by atoms with van der Waals surface area (Å²) in [7, 11) is -21.0. The normalized spacial score (nSPS) is 15.6. The Labute approximate surface area is 712 Å². The molecule has 0 spiro atoms. The minimum absolute atomic E-state index is 0.00995. The molecule has 8 aromatic carbocycles. The van der Waals surface area contributed by atoms with Gasteiger partial charge in [0, 0.05) is 88.1 Å². The van der Waals surface area contributed by atoms with Crippen LogP contribution in [0.3, 0.4) is 0 Å². The van der Waals surface area contributed by atoms with Crippen LogP contribution < -0.4 is 37.7 Å². The van der Waals surface area contributed by atoms with Crippen LogP contribution in [0.2, 0.25) is 0 Å². The van der Waals surface area contributed by atoms with E-state index < -0.39 is 123 Å². The number of hydrogen-bond donors (Lipinski definition) is 10. The first-order valence-electron chi connectivity index (χ1n) is 37.4. The highest BCUT2D eigenvalue weighted by molar-refractivity contribution is 7.86. The number of pyridine rings is 2. The fourth-order valence-electron chi connectivity index (χ4n) is 16.2. The van der Waals surface area contributed by atoms with Gasteiger partial charge in [-0.05, 0) is 159 Å². The average Bonchev–Trinajstić information content (AvgIpc) is 0.713. The van der Waals surface area contributed by atoms with Crippen LogP contribution in [0, 0.1) is 11.8 Å². The summed E-state index contributed by atoms with van der Waals surface area (Å²) in [5.41, 5.74) is 0.608. The topological polar surface area (TPSA) is 607 Å². The first kappa shape index (κ1) is 88.8. The number of hydrogen-bond acceptors (Lipinski definition) is 34. The van der Waals surface area contributed by atoms with Gasteiger partial charge in [0.1, 0.15) is 10.7 Å². The second-order valence-electron chi connectivity index (χ2n) is 29.0. The number of nitrogens with one attached hydrogen (secondary N) is 5. The van der Waals surface area contributed by atoms with Gasteiger partial charge in [-0.15, -0.1) is 37.9 Å². The number of nitrogens with zero attached hydrogens (tertiary/aromatic N) is 8. The number of aromatic hydroxyl groups is 2. The molecular formula is C80H67N13O26S6. The van der Waals surface area contributed by atoms with Crippen LogP contribution in [-0.4, -0.2) is 161 Å². The number of aryl methyl sites for hydroxylation is 2. The molecule has 644 valence electrons. The third kappa shape index (κ3) is 19.6. The summed E-state index contributed by atoms with van der Waals surface area (Å²) in [4.78, 5) is 111. The van der Waals surface area contributed by atoms with Gasteiger partial charge in [0.25, 0.3) is 41.5 Å². The third-order valence-corrected chi connectivity index (χ3v) is 24.1. The van der Waals surface area contributed by atoms with Gasteiger partial charge in [-0.3, -0.25) is 42.4 Å². The van der Waals surface area contributed by atoms with Gasteiger partial charge in [0.2, 0.25) is 17.8 Å². The number of ketones is 4. The zero-order valence-corrected chi connectivity index (χ0v) is 69.7. The predicted octanol–water partition coefficient (Wildman–Crippen LogP) is 8.64. The molecule has 0 bridgehead atoms. The lowest BCUT2D eigenvalue weighted by molar-refractivity contribution is 0.102. The standard InChI is InChI=1S/C80H67N13O17S3.3O3S/c1-92-57-31-29-54(64-66(57)62(50-15-6-8-17-52(50)72(64)96)68(74(92)98)70(94)42-11-4-3-5-12-42)81-47-27-33-59(112(105,106)107)44(36-47)38-61-86-76(89-79(100)87-61)82-45-23-19-40(20-24-45)35-41-21-25-46(26-22-41)83-77-88-78(91-80(101)90-77)84-48-28-34-60(113(108,109)110)56(39-48)85-55-30-32-58-67-63(51-16-7-9-18-53(51)73(97)65(55)67)69(75(99)93(58)2)71(95)43-13-10-14-49(37-43)111(102,103)104;3*1-4(2)3/h3-18,27-34,36-37,39-41,45-46,81,85H,19-26,35,38H2,1-2H3,(H,102,103,104)(H,105,106,107)(H,108,109,110)(H2,82,86,87,89,100)(H3,83,84,88,90,91,101);;;. The molecule has 0 atom stereocenters. The SMILES string of the molecule is Cn1c(=O)c(C(=O)c2ccccc2)c2c3c(c(Nc4ccc(S(=O)(=O)O)c(Cc5nc(O)nc(NC6CCC(CC7CCC(Nc8nc(O)nc(Nc9ccc(S(=O)(=O)O)c(Nc%10ccc%11c%12c%10C(=O)c%10ccccc%10-c%12c(C(=O)c%10cccc(S(=O)(=O)O)c%10)c(=O)n%11C)c9)n8)CC7)CC6)n5)c4)ccc31)C(=O)c1ccccc1-2.O=S(=O)=O.O=S(=O)=O.O=S(=O)=O. The summed E-state index contributed by atoms with van der Waals surface area (Å²) < 4.78 is 186. The van der Waals surface area contributed by atoms with Crippen LogP contribution in [-0.2, 0) is 82.7 Å². The van der Waals surface area contributed by atoms with Gasteiger partial charge < -0.3 is 45.9 Å². The highest BCUT2D eigenvalue weighted by atomic mass is 32.2. The summed E-state index contributed by atoms with van der Waals surface area (Å²) >= 11 is 0. The highest BCUT2D eigenvalue weighted by Crippen LogP contribution is 2.48. The molecule has 125 heavy (non-hydrogen) atoms. The van der Waals surface area contributed by atoms with Crippen molar-refractivity contribution in [1.82, 2.24) is 39.0 Å². The number of benzene rings is 8. The van der Waals surface area contributed by atoms with Crippen molar-refractivity contribution in [3.05, 3.63) is 240 Å². The molecule has 45 heteroatoms. The van der Waals surface area contributed by atoms with Gasteiger partial charge in [0.15, 0.2) is 23.1 Å². The van der Waals surface area contributed by atoms with Crippen LogP contribution in [0.1, 0.15) is 133 Å². The van der Waals surface area contributed by atoms with Crippen molar-refractivity contribution in [1.29, 1.82) is 0 Å². The first-order valence-corrected chi connectivity index (χ1v) is 44.7. The van der Waals surface area contributed by atoms with Crippen molar-refractivity contribution in [3.8, 4) is 34.3 Å². The number of aromatic nitrogens is 8. The molecular weight excluding hydrogens is 1750 g/mol. The second-order valence-corrected chi connectivity index (χ2v) is 34.5. The predicted molar refractivity (Wildman–Crippen MR) is 446 cm³/mol. The number of carbonyl (C=O) groups is 4. The Morgan fingerprint density at radius 1 is 0.416 bits per heavy atom. The van der Waals surface area contributed by atoms with E-state index in [1.807, 2.05) is 0 Å². The lowest BCUT2D eigenvalue weighted by Gasteiger charge is -2.34. The molecule has 0 saturated heterocycles. The maximum absolute atomic E-state index is 14.8. The molecule has 4 heterocycles. The molecule has 2 saturated carbocycles. The maximum atomic E-state index is 14.8.